The molecule has 0 aliphatic carbocycles. The van der Waals surface area contributed by atoms with E-state index in [1.165, 1.54) is 6.26 Å². The van der Waals surface area contributed by atoms with Gasteiger partial charge in [0.15, 0.2) is 5.76 Å². The summed E-state index contributed by atoms with van der Waals surface area (Å²) in [5, 5.41) is 2.78. The molecule has 0 fully saturated rings. The molecule has 5 heteroatoms. The Kier molecular flexibility index (Phi) is 6.03. The molecule has 1 heterocycles. The SMILES string of the molecule is COC(CCSC)CNC(=O)c1ccco1. The Morgan fingerprint density at radius 1 is 1.69 bits per heavy atom. The first-order valence-corrected chi connectivity index (χ1v) is 6.50. The predicted octanol–water partition coefficient (Wildman–Crippen LogP) is 1.78. The van der Waals surface area contributed by atoms with Crippen LogP contribution in [0.1, 0.15) is 17.0 Å². The standard InChI is InChI=1S/C11H17NO3S/c1-14-9(5-7-16-2)8-12-11(13)10-4-3-6-15-10/h3-4,6,9H,5,7-8H2,1-2H3,(H,12,13). The van der Waals surface area contributed by atoms with Crippen LogP contribution in [0.4, 0.5) is 0 Å². The maximum absolute atomic E-state index is 11.5. The monoisotopic (exact) mass is 243 g/mol. The fraction of sp³-hybridized carbons (Fsp3) is 0.545. The third-order valence-corrected chi connectivity index (χ3v) is 2.86. The van der Waals surface area contributed by atoms with E-state index in [1.54, 1.807) is 31.0 Å². The zero-order valence-electron chi connectivity index (χ0n) is 9.56. The van der Waals surface area contributed by atoms with Crippen molar-refractivity contribution in [2.75, 3.05) is 25.7 Å². The minimum absolute atomic E-state index is 0.0614. The first-order valence-electron chi connectivity index (χ1n) is 5.11. The van der Waals surface area contributed by atoms with E-state index >= 15 is 0 Å². The number of ether oxygens (including phenoxy) is 1. The molecule has 1 unspecified atom stereocenters. The van der Waals surface area contributed by atoms with E-state index in [4.69, 9.17) is 9.15 Å². The van der Waals surface area contributed by atoms with E-state index in [-0.39, 0.29) is 12.0 Å². The smallest absolute Gasteiger partial charge is 0.287 e. The average molecular weight is 243 g/mol. The van der Waals surface area contributed by atoms with Gasteiger partial charge in [-0.05, 0) is 30.6 Å². The van der Waals surface area contributed by atoms with Crippen LogP contribution < -0.4 is 5.32 Å². The molecule has 0 spiro atoms. The van der Waals surface area contributed by atoms with Crippen LogP contribution in [0.25, 0.3) is 0 Å². The molecule has 0 aromatic carbocycles. The Morgan fingerprint density at radius 3 is 3.06 bits per heavy atom. The lowest BCUT2D eigenvalue weighted by Crippen LogP contribution is -2.33. The average Bonchev–Trinajstić information content (AvgIpc) is 2.82. The Bertz CT molecular complexity index is 300. The van der Waals surface area contributed by atoms with E-state index in [1.807, 2.05) is 6.26 Å². The maximum atomic E-state index is 11.5. The van der Waals surface area contributed by atoms with Crippen molar-refractivity contribution in [1.82, 2.24) is 5.32 Å². The molecule has 1 atom stereocenters. The molecule has 1 aromatic heterocycles. The van der Waals surface area contributed by atoms with Crippen molar-refractivity contribution in [3.63, 3.8) is 0 Å². The molecule has 1 rings (SSSR count). The van der Waals surface area contributed by atoms with Gasteiger partial charge in [0.1, 0.15) is 0 Å². The number of rotatable bonds is 7. The molecule has 0 aliphatic rings. The number of thioether (sulfide) groups is 1. The summed E-state index contributed by atoms with van der Waals surface area (Å²) in [6.45, 7) is 0.511. The van der Waals surface area contributed by atoms with Crippen LogP contribution in [-0.2, 0) is 4.74 Å². The molecule has 0 saturated carbocycles. The zero-order valence-corrected chi connectivity index (χ0v) is 10.4. The number of carbonyl (C=O) groups excluding carboxylic acids is 1. The molecule has 0 radical (unpaired) electrons. The molecule has 1 N–H and O–H groups in total. The lowest BCUT2D eigenvalue weighted by Gasteiger charge is -2.14. The minimum Gasteiger partial charge on any atom is -0.459 e. The molecule has 0 saturated heterocycles. The number of furan rings is 1. The normalized spacial score (nSPS) is 12.4. The van der Waals surface area contributed by atoms with Crippen molar-refractivity contribution < 1.29 is 13.9 Å². The Morgan fingerprint density at radius 2 is 2.50 bits per heavy atom. The Hall–Kier alpha value is -0.940. The summed E-state index contributed by atoms with van der Waals surface area (Å²) in [7, 11) is 1.66. The summed E-state index contributed by atoms with van der Waals surface area (Å²) in [5.41, 5.74) is 0. The van der Waals surface area contributed by atoms with Gasteiger partial charge in [-0.15, -0.1) is 0 Å². The molecule has 0 bridgehead atoms. The fourth-order valence-electron chi connectivity index (χ4n) is 1.25. The van der Waals surface area contributed by atoms with E-state index in [0.717, 1.165) is 12.2 Å². The predicted molar refractivity (Wildman–Crippen MR) is 64.8 cm³/mol. The molecule has 90 valence electrons. The number of nitrogens with one attached hydrogen (secondary N) is 1. The third-order valence-electron chi connectivity index (χ3n) is 2.21. The third kappa shape index (κ3) is 4.28. The summed E-state index contributed by atoms with van der Waals surface area (Å²) >= 11 is 1.77. The molecule has 0 aliphatic heterocycles. The number of hydrogen-bond donors (Lipinski definition) is 1. The zero-order chi connectivity index (χ0) is 11.8. The first-order chi connectivity index (χ1) is 7.77. The molecule has 1 aromatic rings. The lowest BCUT2D eigenvalue weighted by molar-refractivity contribution is 0.0800. The molecule has 16 heavy (non-hydrogen) atoms. The number of hydrogen-bond acceptors (Lipinski definition) is 4. The number of carbonyl (C=O) groups is 1. The summed E-state index contributed by atoms with van der Waals surface area (Å²) in [5.74, 6) is 1.16. The van der Waals surface area contributed by atoms with Crippen molar-refractivity contribution in [2.24, 2.45) is 0 Å². The molecule has 4 nitrogen and oxygen atoms in total. The van der Waals surface area contributed by atoms with Crippen molar-refractivity contribution in [3.05, 3.63) is 24.2 Å². The van der Waals surface area contributed by atoms with Crippen LogP contribution >= 0.6 is 11.8 Å². The van der Waals surface area contributed by atoms with Gasteiger partial charge < -0.3 is 14.5 Å². The Balaban J connectivity index is 2.29. The molecule has 1 amide bonds. The van der Waals surface area contributed by atoms with Gasteiger partial charge in [0, 0.05) is 13.7 Å². The van der Waals surface area contributed by atoms with Gasteiger partial charge in [0.2, 0.25) is 0 Å². The van der Waals surface area contributed by atoms with Crippen LogP contribution in [0, 0.1) is 0 Å². The van der Waals surface area contributed by atoms with Crippen molar-refractivity contribution in [2.45, 2.75) is 12.5 Å². The van der Waals surface area contributed by atoms with Crippen LogP contribution in [0.3, 0.4) is 0 Å². The molecular formula is C11H17NO3S. The topological polar surface area (TPSA) is 51.5 Å². The van der Waals surface area contributed by atoms with Gasteiger partial charge in [-0.25, -0.2) is 0 Å². The van der Waals surface area contributed by atoms with Gasteiger partial charge in [-0.1, -0.05) is 0 Å². The second kappa shape index (κ2) is 7.35. The quantitative estimate of drug-likeness (QED) is 0.793. The van der Waals surface area contributed by atoms with Crippen LogP contribution in [-0.4, -0.2) is 37.7 Å². The van der Waals surface area contributed by atoms with Crippen molar-refractivity contribution >= 4 is 17.7 Å². The van der Waals surface area contributed by atoms with Gasteiger partial charge >= 0.3 is 0 Å². The lowest BCUT2D eigenvalue weighted by atomic mass is 10.2. The highest BCUT2D eigenvalue weighted by Crippen LogP contribution is 2.04. The van der Waals surface area contributed by atoms with Crippen molar-refractivity contribution in [1.29, 1.82) is 0 Å². The van der Waals surface area contributed by atoms with E-state index < -0.39 is 0 Å². The summed E-state index contributed by atoms with van der Waals surface area (Å²) in [4.78, 5) is 11.5. The highest BCUT2D eigenvalue weighted by Gasteiger charge is 2.11. The number of methoxy groups -OCH3 is 1. The minimum atomic E-state index is -0.198. The van der Waals surface area contributed by atoms with E-state index in [2.05, 4.69) is 5.32 Å². The van der Waals surface area contributed by atoms with Crippen LogP contribution in [0.2, 0.25) is 0 Å². The fourth-order valence-corrected chi connectivity index (χ4v) is 1.75. The first kappa shape index (κ1) is 13.1. The van der Waals surface area contributed by atoms with Gasteiger partial charge in [-0.3, -0.25) is 4.79 Å². The number of amides is 1. The Labute approximate surface area is 99.7 Å². The summed E-state index contributed by atoms with van der Waals surface area (Å²) < 4.78 is 10.2. The van der Waals surface area contributed by atoms with E-state index in [9.17, 15) is 4.79 Å². The van der Waals surface area contributed by atoms with Gasteiger partial charge in [-0.2, -0.15) is 11.8 Å². The second-order valence-electron chi connectivity index (χ2n) is 3.33. The van der Waals surface area contributed by atoms with Gasteiger partial charge in [0.05, 0.1) is 12.4 Å². The summed E-state index contributed by atoms with van der Waals surface area (Å²) in [6, 6.07) is 3.33. The molecular weight excluding hydrogens is 226 g/mol. The highest BCUT2D eigenvalue weighted by atomic mass is 32.2. The summed E-state index contributed by atoms with van der Waals surface area (Å²) in [6.07, 6.45) is 4.52. The van der Waals surface area contributed by atoms with Crippen molar-refractivity contribution in [3.8, 4) is 0 Å². The van der Waals surface area contributed by atoms with Crippen LogP contribution in [0.5, 0.6) is 0 Å². The van der Waals surface area contributed by atoms with E-state index in [0.29, 0.717) is 12.3 Å². The van der Waals surface area contributed by atoms with Gasteiger partial charge in [0.25, 0.3) is 5.91 Å². The second-order valence-corrected chi connectivity index (χ2v) is 4.31. The highest BCUT2D eigenvalue weighted by molar-refractivity contribution is 7.98. The van der Waals surface area contributed by atoms with Crippen LogP contribution in [0.15, 0.2) is 22.8 Å². The maximum Gasteiger partial charge on any atom is 0.287 e. The largest absolute Gasteiger partial charge is 0.459 e.